The van der Waals surface area contributed by atoms with Crippen molar-refractivity contribution in [3.8, 4) is 0 Å². The molecule has 0 spiro atoms. The Balaban J connectivity index is 3.16. The van der Waals surface area contributed by atoms with Crippen molar-refractivity contribution in [1.82, 2.24) is 5.32 Å². The molecule has 0 saturated carbocycles. The number of rotatable bonds is 4. The maximum atomic E-state index is 8.42. The normalized spacial score (nSPS) is 17.3. The largest absolute Gasteiger partial charge is 0.395 e. The fourth-order valence-corrected chi connectivity index (χ4v) is 0.642. The average Bonchev–Trinajstić information content (AvgIpc) is 1.82. The van der Waals surface area contributed by atoms with Crippen LogP contribution >= 0.6 is 15.9 Å². The lowest BCUT2D eigenvalue weighted by molar-refractivity contribution is 0.286. The van der Waals surface area contributed by atoms with E-state index in [1.807, 2.05) is 0 Å². The summed E-state index contributed by atoms with van der Waals surface area (Å²) in [6.45, 7) is 5.05. The number of hydrogen-bond donors (Lipinski definition) is 2. The van der Waals surface area contributed by atoms with Crippen molar-refractivity contribution >= 4 is 15.9 Å². The van der Waals surface area contributed by atoms with E-state index in [1.54, 1.807) is 0 Å². The summed E-state index contributed by atoms with van der Waals surface area (Å²) in [6, 6.07) is 0.428. The Kier molecular flexibility index (Phi) is 5.44. The van der Waals surface area contributed by atoms with Gasteiger partial charge in [0.25, 0.3) is 0 Å². The summed E-state index contributed by atoms with van der Waals surface area (Å²) in [4.78, 5) is 0.462. The van der Waals surface area contributed by atoms with Gasteiger partial charge in [-0.2, -0.15) is 0 Å². The summed E-state index contributed by atoms with van der Waals surface area (Å²) < 4.78 is 0. The highest BCUT2D eigenvalue weighted by Crippen LogP contribution is 2.02. The van der Waals surface area contributed by atoms with Gasteiger partial charge in [0.15, 0.2) is 0 Å². The highest BCUT2D eigenvalue weighted by Gasteiger charge is 2.05. The van der Waals surface area contributed by atoms with Gasteiger partial charge in [0.2, 0.25) is 0 Å². The van der Waals surface area contributed by atoms with Crippen LogP contribution in [0.2, 0.25) is 0 Å². The molecule has 0 aromatic rings. The van der Waals surface area contributed by atoms with Gasteiger partial charge in [-0.3, -0.25) is 0 Å². The van der Waals surface area contributed by atoms with Crippen LogP contribution in [0.1, 0.15) is 13.8 Å². The SMILES string of the molecule is CC(NCCO)[C@H](C)Br. The molecule has 9 heavy (non-hydrogen) atoms. The van der Waals surface area contributed by atoms with Gasteiger partial charge in [-0.15, -0.1) is 0 Å². The molecule has 2 atom stereocenters. The Morgan fingerprint density at radius 2 is 2.11 bits per heavy atom. The molecule has 2 nitrogen and oxygen atoms in total. The third-order valence-electron chi connectivity index (χ3n) is 1.27. The molecule has 1 unspecified atom stereocenters. The van der Waals surface area contributed by atoms with Crippen LogP contribution in [0.4, 0.5) is 0 Å². The molecule has 0 radical (unpaired) electrons. The van der Waals surface area contributed by atoms with E-state index in [-0.39, 0.29) is 6.61 Å². The molecule has 0 aliphatic heterocycles. The third kappa shape index (κ3) is 4.88. The van der Waals surface area contributed by atoms with Crippen molar-refractivity contribution in [2.45, 2.75) is 24.7 Å². The summed E-state index contributed by atoms with van der Waals surface area (Å²) in [5, 5.41) is 11.6. The summed E-state index contributed by atoms with van der Waals surface area (Å²) >= 11 is 3.43. The Morgan fingerprint density at radius 1 is 1.56 bits per heavy atom. The highest BCUT2D eigenvalue weighted by molar-refractivity contribution is 9.09. The second-order valence-electron chi connectivity index (χ2n) is 2.14. The number of aliphatic hydroxyl groups excluding tert-OH is 1. The van der Waals surface area contributed by atoms with E-state index >= 15 is 0 Å². The second-order valence-corrected chi connectivity index (χ2v) is 3.59. The van der Waals surface area contributed by atoms with Crippen LogP contribution < -0.4 is 5.32 Å². The highest BCUT2D eigenvalue weighted by atomic mass is 79.9. The lowest BCUT2D eigenvalue weighted by Crippen LogP contribution is -2.34. The van der Waals surface area contributed by atoms with E-state index in [4.69, 9.17) is 5.11 Å². The number of halogens is 1. The maximum absolute atomic E-state index is 8.42. The molecule has 0 aromatic carbocycles. The van der Waals surface area contributed by atoms with E-state index in [9.17, 15) is 0 Å². The second kappa shape index (κ2) is 5.21. The van der Waals surface area contributed by atoms with Crippen molar-refractivity contribution in [3.05, 3.63) is 0 Å². The molecule has 0 aliphatic carbocycles. The van der Waals surface area contributed by atoms with Gasteiger partial charge in [0.05, 0.1) is 6.61 Å². The van der Waals surface area contributed by atoms with Gasteiger partial charge >= 0.3 is 0 Å². The lowest BCUT2D eigenvalue weighted by Gasteiger charge is -2.14. The van der Waals surface area contributed by atoms with Crippen LogP contribution in [0.15, 0.2) is 0 Å². The molecule has 0 rings (SSSR count). The first-order valence-corrected chi connectivity index (χ1v) is 4.08. The lowest BCUT2D eigenvalue weighted by atomic mass is 10.2. The predicted molar refractivity (Wildman–Crippen MR) is 42.9 cm³/mol. The van der Waals surface area contributed by atoms with Crippen molar-refractivity contribution in [2.75, 3.05) is 13.2 Å². The zero-order valence-electron chi connectivity index (χ0n) is 5.89. The van der Waals surface area contributed by atoms with E-state index in [1.165, 1.54) is 0 Å². The smallest absolute Gasteiger partial charge is 0.0556 e. The topological polar surface area (TPSA) is 32.3 Å². The van der Waals surface area contributed by atoms with E-state index in [0.29, 0.717) is 17.4 Å². The van der Waals surface area contributed by atoms with Crippen molar-refractivity contribution < 1.29 is 5.11 Å². The molecule has 0 amide bonds. The summed E-state index contributed by atoms with van der Waals surface area (Å²) in [6.07, 6.45) is 0. The Hall–Kier alpha value is 0.400. The van der Waals surface area contributed by atoms with E-state index < -0.39 is 0 Å². The summed E-state index contributed by atoms with van der Waals surface area (Å²) in [5.74, 6) is 0. The predicted octanol–water partition coefficient (Wildman–Crippen LogP) is 0.740. The first kappa shape index (κ1) is 9.40. The standard InChI is InChI=1S/C6H14BrNO/c1-5(7)6(2)8-3-4-9/h5-6,8-9H,3-4H2,1-2H3/t5-,6?/m0/s1. The van der Waals surface area contributed by atoms with Gasteiger partial charge in [-0.1, -0.05) is 22.9 Å². The molecular formula is C6H14BrNO. The fourth-order valence-electron chi connectivity index (χ4n) is 0.455. The minimum atomic E-state index is 0.212. The molecular weight excluding hydrogens is 182 g/mol. The van der Waals surface area contributed by atoms with Crippen molar-refractivity contribution in [1.29, 1.82) is 0 Å². The molecule has 0 bridgehead atoms. The third-order valence-corrected chi connectivity index (χ3v) is 2.06. The molecule has 3 heteroatoms. The first-order valence-electron chi connectivity index (χ1n) is 3.16. The summed E-state index contributed by atoms with van der Waals surface area (Å²) in [5.41, 5.74) is 0. The van der Waals surface area contributed by atoms with E-state index in [0.717, 1.165) is 0 Å². The number of nitrogens with one attached hydrogen (secondary N) is 1. The van der Waals surface area contributed by atoms with Crippen LogP contribution in [0.5, 0.6) is 0 Å². The molecule has 0 aromatic heterocycles. The first-order chi connectivity index (χ1) is 4.18. The zero-order valence-corrected chi connectivity index (χ0v) is 7.48. The van der Waals surface area contributed by atoms with Crippen LogP contribution in [0.3, 0.4) is 0 Å². The number of hydrogen-bond acceptors (Lipinski definition) is 2. The van der Waals surface area contributed by atoms with Gasteiger partial charge in [0.1, 0.15) is 0 Å². The van der Waals surface area contributed by atoms with Crippen LogP contribution in [-0.2, 0) is 0 Å². The van der Waals surface area contributed by atoms with Gasteiger partial charge < -0.3 is 10.4 Å². The van der Waals surface area contributed by atoms with Gasteiger partial charge in [-0.05, 0) is 6.92 Å². The molecule has 0 aliphatic rings. The Labute approximate surface area is 64.8 Å². The maximum Gasteiger partial charge on any atom is 0.0556 e. The van der Waals surface area contributed by atoms with Crippen LogP contribution in [0.25, 0.3) is 0 Å². The zero-order chi connectivity index (χ0) is 7.28. The van der Waals surface area contributed by atoms with E-state index in [2.05, 4.69) is 35.1 Å². The monoisotopic (exact) mass is 195 g/mol. The average molecular weight is 196 g/mol. The minimum Gasteiger partial charge on any atom is -0.395 e. The number of alkyl halides is 1. The molecule has 0 heterocycles. The van der Waals surface area contributed by atoms with Gasteiger partial charge in [0, 0.05) is 17.4 Å². The van der Waals surface area contributed by atoms with Gasteiger partial charge in [-0.25, -0.2) is 0 Å². The van der Waals surface area contributed by atoms with Crippen molar-refractivity contribution in [3.63, 3.8) is 0 Å². The summed E-state index contributed by atoms with van der Waals surface area (Å²) in [7, 11) is 0. The molecule has 0 saturated heterocycles. The number of aliphatic hydroxyl groups is 1. The quantitative estimate of drug-likeness (QED) is 0.650. The van der Waals surface area contributed by atoms with Crippen LogP contribution in [-0.4, -0.2) is 29.1 Å². The Morgan fingerprint density at radius 3 is 2.44 bits per heavy atom. The Bertz CT molecular complexity index is 68.1. The minimum absolute atomic E-state index is 0.212. The molecule has 2 N–H and O–H groups in total. The van der Waals surface area contributed by atoms with Crippen LogP contribution in [0, 0.1) is 0 Å². The fraction of sp³-hybridized carbons (Fsp3) is 1.00. The van der Waals surface area contributed by atoms with Crippen molar-refractivity contribution in [2.24, 2.45) is 0 Å². The molecule has 0 fully saturated rings. The molecule has 56 valence electrons.